The summed E-state index contributed by atoms with van der Waals surface area (Å²) in [5.74, 6) is 0.871. The molecule has 0 aliphatic carbocycles. The SMILES string of the molecule is CN1CC2(CCCCc3ccccc3OCC1=O)CCN(C(=O)c1cnn(C)c1)CC2. The van der Waals surface area contributed by atoms with Gasteiger partial charge < -0.3 is 14.5 Å². The molecule has 2 amide bonds. The van der Waals surface area contributed by atoms with Crippen molar-refractivity contribution >= 4 is 11.8 Å². The molecule has 3 heterocycles. The van der Waals surface area contributed by atoms with Crippen LogP contribution in [0.4, 0.5) is 0 Å². The highest BCUT2D eigenvalue weighted by molar-refractivity contribution is 5.93. The lowest BCUT2D eigenvalue weighted by molar-refractivity contribution is -0.134. The Morgan fingerprint density at radius 3 is 2.61 bits per heavy atom. The Bertz CT molecular complexity index is 930. The van der Waals surface area contributed by atoms with E-state index in [1.807, 2.05) is 42.1 Å². The third-order valence-electron chi connectivity index (χ3n) is 6.79. The van der Waals surface area contributed by atoms with Crippen LogP contribution in [0.2, 0.25) is 0 Å². The number of likely N-dealkylation sites (tertiary alicyclic amines) is 1. The van der Waals surface area contributed by atoms with Gasteiger partial charge in [-0.1, -0.05) is 24.6 Å². The minimum atomic E-state index is 0.00335. The van der Waals surface area contributed by atoms with E-state index in [1.165, 1.54) is 5.56 Å². The molecule has 1 aromatic heterocycles. The minimum absolute atomic E-state index is 0.00335. The first-order valence-electron chi connectivity index (χ1n) is 11.2. The maximum absolute atomic E-state index is 12.8. The maximum Gasteiger partial charge on any atom is 0.260 e. The fraction of sp³-hybridized carbons (Fsp3) is 0.542. The normalized spacial score (nSPS) is 19.9. The van der Waals surface area contributed by atoms with E-state index < -0.39 is 0 Å². The third-order valence-corrected chi connectivity index (χ3v) is 6.79. The van der Waals surface area contributed by atoms with Crippen molar-refractivity contribution < 1.29 is 14.3 Å². The largest absolute Gasteiger partial charge is 0.483 e. The van der Waals surface area contributed by atoms with Crippen LogP contribution in [0.1, 0.15) is 48.0 Å². The highest BCUT2D eigenvalue weighted by Crippen LogP contribution is 2.38. The summed E-state index contributed by atoms with van der Waals surface area (Å²) in [4.78, 5) is 29.3. The standard InChI is InChI=1S/C24H32N4O3/c1-26-18-24(11-13-28(14-12-24)23(30)20-15-25-27(2)16-20)10-6-5-8-19-7-3-4-9-21(19)31-17-22(26)29/h3-4,7,9,15-16H,5-6,8,10-14,17-18H2,1-2H3. The summed E-state index contributed by atoms with van der Waals surface area (Å²) in [6, 6.07) is 8.02. The van der Waals surface area contributed by atoms with Crippen LogP contribution >= 0.6 is 0 Å². The van der Waals surface area contributed by atoms with Crippen molar-refractivity contribution in [3.05, 3.63) is 47.8 Å². The second-order valence-corrected chi connectivity index (χ2v) is 9.05. The van der Waals surface area contributed by atoms with Gasteiger partial charge in [0.2, 0.25) is 0 Å². The molecule has 31 heavy (non-hydrogen) atoms. The number of rotatable bonds is 1. The number of aryl methyl sites for hydroxylation is 2. The lowest BCUT2D eigenvalue weighted by atomic mass is 9.73. The molecule has 2 aromatic rings. The van der Waals surface area contributed by atoms with Gasteiger partial charge in [0.05, 0.1) is 11.8 Å². The number of para-hydroxylation sites is 1. The van der Waals surface area contributed by atoms with Crippen molar-refractivity contribution in [3.8, 4) is 5.75 Å². The zero-order chi connectivity index (χ0) is 21.8. The Hall–Kier alpha value is -2.83. The van der Waals surface area contributed by atoms with Crippen molar-refractivity contribution in [2.75, 3.05) is 33.3 Å². The molecule has 1 saturated heterocycles. The van der Waals surface area contributed by atoms with Crippen LogP contribution in [0.25, 0.3) is 0 Å². The van der Waals surface area contributed by atoms with E-state index in [2.05, 4.69) is 11.2 Å². The molecule has 0 unspecified atom stereocenters. The van der Waals surface area contributed by atoms with Crippen molar-refractivity contribution in [2.45, 2.75) is 38.5 Å². The topological polar surface area (TPSA) is 67.7 Å². The Labute approximate surface area is 184 Å². The fourth-order valence-corrected chi connectivity index (χ4v) is 4.89. The number of hydrogen-bond acceptors (Lipinski definition) is 4. The molecule has 7 heteroatoms. The summed E-state index contributed by atoms with van der Waals surface area (Å²) in [7, 11) is 3.69. The van der Waals surface area contributed by atoms with E-state index in [4.69, 9.17) is 4.74 Å². The fourth-order valence-electron chi connectivity index (χ4n) is 4.89. The highest BCUT2D eigenvalue weighted by atomic mass is 16.5. The van der Waals surface area contributed by atoms with Gasteiger partial charge in [-0.15, -0.1) is 0 Å². The number of likely N-dealkylation sites (N-methyl/N-ethyl adjacent to an activating group) is 1. The van der Waals surface area contributed by atoms with E-state index in [0.717, 1.165) is 57.4 Å². The number of nitrogens with zero attached hydrogens (tertiary/aromatic N) is 4. The van der Waals surface area contributed by atoms with Crippen LogP contribution in [0, 0.1) is 5.41 Å². The van der Waals surface area contributed by atoms with Gasteiger partial charge >= 0.3 is 0 Å². The predicted octanol–water partition coefficient (Wildman–Crippen LogP) is 2.91. The molecule has 7 nitrogen and oxygen atoms in total. The Kier molecular flexibility index (Phi) is 6.30. The first-order chi connectivity index (χ1) is 15.0. The second-order valence-electron chi connectivity index (χ2n) is 9.05. The number of amides is 2. The molecule has 4 rings (SSSR count). The summed E-state index contributed by atoms with van der Waals surface area (Å²) < 4.78 is 7.53. The van der Waals surface area contributed by atoms with Crippen LogP contribution in [-0.4, -0.2) is 64.7 Å². The Balaban J connectivity index is 1.44. The molecule has 0 saturated carbocycles. The van der Waals surface area contributed by atoms with Crippen LogP contribution in [-0.2, 0) is 18.3 Å². The van der Waals surface area contributed by atoms with Crippen LogP contribution in [0.3, 0.4) is 0 Å². The number of benzene rings is 1. The molecule has 0 bridgehead atoms. The monoisotopic (exact) mass is 424 g/mol. The van der Waals surface area contributed by atoms with E-state index in [-0.39, 0.29) is 23.8 Å². The van der Waals surface area contributed by atoms with Crippen LogP contribution < -0.4 is 4.74 Å². The molecule has 0 radical (unpaired) electrons. The number of ether oxygens (including phenoxy) is 1. The van der Waals surface area contributed by atoms with Gasteiger partial charge in [-0.2, -0.15) is 5.10 Å². The van der Waals surface area contributed by atoms with E-state index in [1.54, 1.807) is 17.1 Å². The van der Waals surface area contributed by atoms with Crippen molar-refractivity contribution in [2.24, 2.45) is 12.5 Å². The van der Waals surface area contributed by atoms with Gasteiger partial charge in [0.1, 0.15) is 5.75 Å². The Morgan fingerprint density at radius 2 is 1.87 bits per heavy atom. The quantitative estimate of drug-likeness (QED) is 0.706. The second kappa shape index (κ2) is 9.12. The van der Waals surface area contributed by atoms with Gasteiger partial charge in [0.25, 0.3) is 11.8 Å². The predicted molar refractivity (Wildman–Crippen MR) is 118 cm³/mol. The van der Waals surface area contributed by atoms with Gasteiger partial charge in [0.15, 0.2) is 6.61 Å². The smallest absolute Gasteiger partial charge is 0.260 e. The number of carbonyl (C=O) groups is 2. The molecule has 1 fully saturated rings. The summed E-state index contributed by atoms with van der Waals surface area (Å²) in [6.07, 6.45) is 9.46. The number of piperidine rings is 1. The molecule has 0 atom stereocenters. The maximum atomic E-state index is 12.8. The highest BCUT2D eigenvalue weighted by Gasteiger charge is 2.37. The zero-order valence-electron chi connectivity index (χ0n) is 18.5. The Morgan fingerprint density at radius 1 is 1.10 bits per heavy atom. The first-order valence-corrected chi connectivity index (χ1v) is 11.2. The lowest BCUT2D eigenvalue weighted by Gasteiger charge is -2.44. The zero-order valence-corrected chi connectivity index (χ0v) is 18.5. The van der Waals surface area contributed by atoms with Crippen molar-refractivity contribution in [1.29, 1.82) is 0 Å². The average Bonchev–Trinajstić information content (AvgIpc) is 3.21. The number of carbonyl (C=O) groups excluding carboxylic acids is 2. The molecule has 166 valence electrons. The van der Waals surface area contributed by atoms with E-state index in [9.17, 15) is 9.59 Å². The van der Waals surface area contributed by atoms with Crippen LogP contribution in [0.15, 0.2) is 36.7 Å². The van der Waals surface area contributed by atoms with Gasteiger partial charge in [-0.25, -0.2) is 0 Å². The summed E-state index contributed by atoms with van der Waals surface area (Å²) >= 11 is 0. The van der Waals surface area contributed by atoms with Crippen molar-refractivity contribution in [1.82, 2.24) is 19.6 Å². The molecular weight excluding hydrogens is 392 g/mol. The van der Waals surface area contributed by atoms with Crippen molar-refractivity contribution in [3.63, 3.8) is 0 Å². The molecule has 1 spiro atoms. The average molecular weight is 425 g/mol. The molecular formula is C24H32N4O3. The number of aromatic nitrogens is 2. The van der Waals surface area contributed by atoms with Gasteiger partial charge in [0, 0.05) is 39.9 Å². The first kappa shape index (κ1) is 21.4. The minimum Gasteiger partial charge on any atom is -0.483 e. The number of fused-ring (bicyclic) bond motifs is 1. The molecule has 2 aliphatic rings. The van der Waals surface area contributed by atoms with E-state index in [0.29, 0.717) is 12.1 Å². The molecule has 0 N–H and O–H groups in total. The number of hydrogen-bond donors (Lipinski definition) is 0. The van der Waals surface area contributed by atoms with Gasteiger partial charge in [-0.05, 0) is 49.1 Å². The third kappa shape index (κ3) is 4.92. The summed E-state index contributed by atoms with van der Waals surface area (Å²) in [5.41, 5.74) is 1.86. The molecule has 1 aromatic carbocycles. The lowest BCUT2D eigenvalue weighted by Crippen LogP contribution is -2.49. The van der Waals surface area contributed by atoms with Crippen LogP contribution in [0.5, 0.6) is 5.75 Å². The van der Waals surface area contributed by atoms with E-state index >= 15 is 0 Å². The van der Waals surface area contributed by atoms with Gasteiger partial charge in [-0.3, -0.25) is 14.3 Å². The summed E-state index contributed by atoms with van der Waals surface area (Å²) in [5, 5.41) is 4.12. The molecule has 2 aliphatic heterocycles. The summed E-state index contributed by atoms with van der Waals surface area (Å²) in [6.45, 7) is 2.21.